The van der Waals surface area contributed by atoms with E-state index in [4.69, 9.17) is 20.8 Å². The molecule has 1 atom stereocenters. The molecule has 1 aliphatic rings. The van der Waals surface area contributed by atoms with E-state index >= 15 is 0 Å². The largest absolute Gasteiger partial charge is 0.484 e. The van der Waals surface area contributed by atoms with E-state index in [2.05, 4.69) is 10.2 Å². The van der Waals surface area contributed by atoms with Gasteiger partial charge < -0.3 is 14.1 Å². The lowest BCUT2D eigenvalue weighted by molar-refractivity contribution is -0.130. The van der Waals surface area contributed by atoms with E-state index in [1.807, 2.05) is 6.92 Å². The molecule has 0 N–H and O–H groups in total. The second-order valence-corrected chi connectivity index (χ2v) is 10.6. The third-order valence-corrected chi connectivity index (χ3v) is 7.47. The van der Waals surface area contributed by atoms with E-state index < -0.39 is 9.84 Å². The number of aromatic nitrogens is 2. The maximum atomic E-state index is 12.8. The van der Waals surface area contributed by atoms with E-state index in [1.54, 1.807) is 29.2 Å². The van der Waals surface area contributed by atoms with Gasteiger partial charge in [0.2, 0.25) is 5.91 Å². The summed E-state index contributed by atoms with van der Waals surface area (Å²) in [4.78, 5) is 14.4. The fourth-order valence-corrected chi connectivity index (χ4v) is 5.62. The molecule has 0 spiro atoms. The molecule has 1 saturated heterocycles. The molecule has 0 saturated carbocycles. The molecule has 1 amide bonds. The van der Waals surface area contributed by atoms with Gasteiger partial charge in [0, 0.05) is 17.6 Å². The first-order valence-electron chi connectivity index (χ1n) is 9.69. The minimum Gasteiger partial charge on any atom is -0.484 e. The number of unbranched alkanes of at least 4 members (excludes halogenated alkanes) is 1. The lowest BCUT2D eigenvalue weighted by Crippen LogP contribution is -2.42. The normalized spacial score (nSPS) is 17.7. The smallest absolute Gasteiger partial charge is 0.277 e. The van der Waals surface area contributed by atoms with Gasteiger partial charge in [0.15, 0.2) is 16.4 Å². The summed E-state index contributed by atoms with van der Waals surface area (Å²) in [7, 11) is -3.06. The standard InChI is InChI=1S/C19H24ClN3O5S2/c1-2-3-9-23(15-8-10-30(25,26)13-15)18(24)12-29-19-22-21-17(28-19)11-27-16-6-4-14(20)5-7-16/h4-7,15H,2-3,8-13H2,1H3. The topological polar surface area (TPSA) is 103 Å². The first kappa shape index (κ1) is 22.9. The zero-order valence-corrected chi connectivity index (χ0v) is 19.0. The maximum Gasteiger partial charge on any atom is 0.277 e. The van der Waals surface area contributed by atoms with E-state index in [0.29, 0.717) is 29.6 Å². The molecular weight excluding hydrogens is 450 g/mol. The molecule has 1 unspecified atom stereocenters. The van der Waals surface area contributed by atoms with Crippen LogP contribution in [0.1, 0.15) is 32.1 Å². The lowest BCUT2D eigenvalue weighted by Gasteiger charge is -2.28. The van der Waals surface area contributed by atoms with Crippen LogP contribution in [0.5, 0.6) is 5.75 Å². The van der Waals surface area contributed by atoms with E-state index in [1.165, 1.54) is 0 Å². The highest BCUT2D eigenvalue weighted by atomic mass is 35.5. The molecule has 11 heteroatoms. The van der Waals surface area contributed by atoms with Gasteiger partial charge in [0.05, 0.1) is 17.3 Å². The van der Waals surface area contributed by atoms with E-state index in [0.717, 1.165) is 24.6 Å². The van der Waals surface area contributed by atoms with Gasteiger partial charge in [-0.2, -0.15) is 0 Å². The Balaban J connectivity index is 1.52. The van der Waals surface area contributed by atoms with Crippen LogP contribution in [-0.2, 0) is 21.2 Å². The van der Waals surface area contributed by atoms with Crippen LogP contribution in [-0.4, -0.2) is 59.3 Å². The number of hydrogen-bond acceptors (Lipinski definition) is 8. The molecule has 164 valence electrons. The lowest BCUT2D eigenvalue weighted by atomic mass is 10.2. The second-order valence-electron chi connectivity index (χ2n) is 6.99. The Bertz CT molecular complexity index is 949. The van der Waals surface area contributed by atoms with Gasteiger partial charge >= 0.3 is 0 Å². The van der Waals surface area contributed by atoms with Crippen molar-refractivity contribution in [3.05, 3.63) is 35.2 Å². The van der Waals surface area contributed by atoms with Gasteiger partial charge in [-0.25, -0.2) is 8.42 Å². The minimum atomic E-state index is -3.06. The van der Waals surface area contributed by atoms with Crippen LogP contribution in [0.3, 0.4) is 0 Å². The molecule has 30 heavy (non-hydrogen) atoms. The Kier molecular flexibility index (Phi) is 8.01. The van der Waals surface area contributed by atoms with Crippen molar-refractivity contribution in [1.29, 1.82) is 0 Å². The molecule has 2 heterocycles. The molecule has 0 aliphatic carbocycles. The number of thioether (sulfide) groups is 1. The highest BCUT2D eigenvalue weighted by Crippen LogP contribution is 2.23. The van der Waals surface area contributed by atoms with E-state index in [9.17, 15) is 13.2 Å². The number of halogens is 1. The number of ether oxygens (including phenoxy) is 1. The zero-order chi connectivity index (χ0) is 21.6. The zero-order valence-electron chi connectivity index (χ0n) is 16.6. The fourth-order valence-electron chi connectivity index (χ4n) is 3.10. The molecule has 0 bridgehead atoms. The predicted molar refractivity (Wildman–Crippen MR) is 114 cm³/mol. The summed E-state index contributed by atoms with van der Waals surface area (Å²) in [6.45, 7) is 2.70. The van der Waals surface area contributed by atoms with Crippen LogP contribution >= 0.6 is 23.4 Å². The van der Waals surface area contributed by atoms with Gasteiger partial charge in [-0.05, 0) is 37.1 Å². The number of nitrogens with zero attached hydrogens (tertiary/aromatic N) is 3. The summed E-state index contributed by atoms with van der Waals surface area (Å²) in [5.74, 6) is 1.10. The summed E-state index contributed by atoms with van der Waals surface area (Å²) in [6.07, 6.45) is 2.26. The highest BCUT2D eigenvalue weighted by molar-refractivity contribution is 7.99. The summed E-state index contributed by atoms with van der Waals surface area (Å²) in [6, 6.07) is 6.66. The Morgan fingerprint density at radius 3 is 2.77 bits per heavy atom. The van der Waals surface area contributed by atoms with Crippen LogP contribution in [0.2, 0.25) is 5.02 Å². The summed E-state index contributed by atoms with van der Waals surface area (Å²) in [5, 5.41) is 8.75. The van der Waals surface area contributed by atoms with Gasteiger partial charge in [-0.15, -0.1) is 10.2 Å². The number of rotatable bonds is 10. The van der Waals surface area contributed by atoms with Crippen LogP contribution in [0.25, 0.3) is 0 Å². The summed E-state index contributed by atoms with van der Waals surface area (Å²) < 4.78 is 34.7. The number of sulfone groups is 1. The Hall–Kier alpha value is -1.78. The fraction of sp³-hybridized carbons (Fsp3) is 0.526. The number of carbonyl (C=O) groups excluding carboxylic acids is 1. The SMILES string of the molecule is CCCCN(C(=O)CSc1nnc(COc2ccc(Cl)cc2)o1)C1CCS(=O)(=O)C1. The molecule has 8 nitrogen and oxygen atoms in total. The van der Waals surface area contributed by atoms with Crippen molar-refractivity contribution in [3.63, 3.8) is 0 Å². The highest BCUT2D eigenvalue weighted by Gasteiger charge is 2.34. The second kappa shape index (κ2) is 10.5. The van der Waals surface area contributed by atoms with Crippen molar-refractivity contribution in [2.75, 3.05) is 23.8 Å². The third kappa shape index (κ3) is 6.61. The number of amides is 1. The Morgan fingerprint density at radius 2 is 2.10 bits per heavy atom. The van der Waals surface area contributed by atoms with Crippen LogP contribution < -0.4 is 4.74 Å². The molecule has 1 aromatic heterocycles. The molecule has 3 rings (SSSR count). The van der Waals surface area contributed by atoms with Crippen molar-refractivity contribution >= 4 is 39.1 Å². The van der Waals surface area contributed by atoms with Crippen LogP contribution in [0.15, 0.2) is 33.9 Å². The van der Waals surface area contributed by atoms with Crippen LogP contribution in [0.4, 0.5) is 0 Å². The van der Waals surface area contributed by atoms with Crippen LogP contribution in [0, 0.1) is 0 Å². The summed E-state index contributed by atoms with van der Waals surface area (Å²) >= 11 is 6.98. The van der Waals surface area contributed by atoms with Crippen molar-refractivity contribution in [3.8, 4) is 5.75 Å². The van der Waals surface area contributed by atoms with Gasteiger partial charge in [-0.1, -0.05) is 36.7 Å². The van der Waals surface area contributed by atoms with Gasteiger partial charge in [0.1, 0.15) is 5.75 Å². The average Bonchev–Trinajstić information content (AvgIpc) is 3.32. The van der Waals surface area contributed by atoms with Crippen molar-refractivity contribution < 1.29 is 22.4 Å². The molecule has 0 radical (unpaired) electrons. The minimum absolute atomic E-state index is 0.0415. The van der Waals surface area contributed by atoms with Crippen molar-refractivity contribution in [1.82, 2.24) is 15.1 Å². The first-order chi connectivity index (χ1) is 14.4. The maximum absolute atomic E-state index is 12.8. The third-order valence-electron chi connectivity index (χ3n) is 4.67. The number of carbonyl (C=O) groups is 1. The van der Waals surface area contributed by atoms with Crippen molar-refractivity contribution in [2.45, 2.75) is 44.1 Å². The Morgan fingerprint density at radius 1 is 1.33 bits per heavy atom. The molecule has 1 fully saturated rings. The average molecular weight is 474 g/mol. The molecule has 2 aromatic rings. The quantitative estimate of drug-likeness (QED) is 0.484. The summed E-state index contributed by atoms with van der Waals surface area (Å²) in [5.41, 5.74) is 0. The Labute approximate surface area is 185 Å². The van der Waals surface area contributed by atoms with Gasteiger partial charge in [0.25, 0.3) is 11.1 Å². The van der Waals surface area contributed by atoms with Crippen molar-refractivity contribution in [2.24, 2.45) is 0 Å². The first-order valence-corrected chi connectivity index (χ1v) is 12.9. The van der Waals surface area contributed by atoms with E-state index in [-0.39, 0.29) is 41.0 Å². The molecule has 1 aromatic carbocycles. The molecular formula is C19H24ClN3O5S2. The monoisotopic (exact) mass is 473 g/mol. The number of hydrogen-bond donors (Lipinski definition) is 0. The molecule has 1 aliphatic heterocycles. The number of benzene rings is 1. The predicted octanol–water partition coefficient (Wildman–Crippen LogP) is 3.21. The van der Waals surface area contributed by atoms with Gasteiger partial charge in [-0.3, -0.25) is 4.79 Å².